The molecule has 0 aromatic carbocycles. The quantitative estimate of drug-likeness (QED) is 0.849. The number of aromatic nitrogens is 2. The highest BCUT2D eigenvalue weighted by Gasteiger charge is 2.38. The van der Waals surface area contributed by atoms with Crippen molar-refractivity contribution in [3.63, 3.8) is 0 Å². The molecule has 3 heterocycles. The number of carboxylic acid groups (broad SMARTS) is 1. The number of nitrogens with zero attached hydrogens (tertiary/aromatic N) is 2. The van der Waals surface area contributed by atoms with Gasteiger partial charge in [-0.05, 0) is 37.2 Å². The van der Waals surface area contributed by atoms with Crippen LogP contribution in [-0.4, -0.2) is 26.6 Å². The van der Waals surface area contributed by atoms with Gasteiger partial charge >= 0.3 is 5.97 Å². The van der Waals surface area contributed by atoms with E-state index in [2.05, 4.69) is 5.16 Å². The Balaban J connectivity index is 1.59. The van der Waals surface area contributed by atoms with Crippen LogP contribution in [0.1, 0.15) is 74.1 Å². The van der Waals surface area contributed by atoms with Crippen LogP contribution in [0.4, 0.5) is 0 Å². The van der Waals surface area contributed by atoms with Gasteiger partial charge in [0, 0.05) is 29.4 Å². The van der Waals surface area contributed by atoms with Crippen LogP contribution in [0.2, 0.25) is 0 Å². The lowest BCUT2D eigenvalue weighted by atomic mass is 9.87. The number of thioether (sulfide) groups is 1. The van der Waals surface area contributed by atoms with Gasteiger partial charge in [-0.2, -0.15) is 0 Å². The summed E-state index contributed by atoms with van der Waals surface area (Å²) in [5.74, 6) is 0.929. The largest absolute Gasteiger partial charge is 0.480 e. The molecule has 6 nitrogen and oxygen atoms in total. The van der Waals surface area contributed by atoms with Gasteiger partial charge in [-0.15, -0.1) is 11.8 Å². The van der Waals surface area contributed by atoms with Crippen molar-refractivity contribution in [2.45, 2.75) is 67.8 Å². The van der Waals surface area contributed by atoms with Crippen molar-refractivity contribution >= 4 is 17.7 Å². The van der Waals surface area contributed by atoms with Crippen molar-refractivity contribution in [1.29, 1.82) is 0 Å². The van der Waals surface area contributed by atoms with Crippen LogP contribution in [-0.2, 0) is 4.79 Å². The molecule has 0 spiro atoms. The average molecular weight is 386 g/mol. The second-order valence-electron chi connectivity index (χ2n) is 7.88. The molecule has 142 valence electrons. The average Bonchev–Trinajstić information content (AvgIpc) is 3.20. The number of hydrogen-bond acceptors (Lipinski definition) is 5. The SMILES string of the molecule is O=C(O)C1CSc2c(C3CC3)c(-c3cc(C4CCCCC4)no3)cc(=O)n21. The molecule has 0 bridgehead atoms. The monoisotopic (exact) mass is 386 g/mol. The van der Waals surface area contributed by atoms with Crippen molar-refractivity contribution in [3.05, 3.63) is 33.7 Å². The maximum absolute atomic E-state index is 12.7. The topological polar surface area (TPSA) is 85.3 Å². The lowest BCUT2D eigenvalue weighted by Gasteiger charge is -2.18. The number of rotatable bonds is 4. The third kappa shape index (κ3) is 2.92. The smallest absolute Gasteiger partial charge is 0.327 e. The maximum atomic E-state index is 12.7. The number of hydrogen-bond donors (Lipinski definition) is 1. The lowest BCUT2D eigenvalue weighted by molar-refractivity contribution is -0.140. The zero-order valence-electron chi connectivity index (χ0n) is 15.0. The van der Waals surface area contributed by atoms with Gasteiger partial charge in [0.15, 0.2) is 5.76 Å². The third-order valence-corrected chi connectivity index (χ3v) is 7.19. The molecular formula is C20H22N2O4S. The van der Waals surface area contributed by atoms with Gasteiger partial charge in [-0.1, -0.05) is 24.4 Å². The standard InChI is InChI=1S/C20H22N2O4S/c23-17-8-13(16-9-14(21-26-16)11-4-2-1-3-5-11)18(12-6-7-12)19-22(17)15(10-27-19)20(24)25/h8-9,11-12,15H,1-7,10H2,(H,24,25). The summed E-state index contributed by atoms with van der Waals surface area (Å²) in [6.07, 6.45) is 8.17. The van der Waals surface area contributed by atoms with E-state index >= 15 is 0 Å². The van der Waals surface area contributed by atoms with Crippen LogP contribution in [0.15, 0.2) is 26.5 Å². The Morgan fingerprint density at radius 1 is 1.15 bits per heavy atom. The maximum Gasteiger partial charge on any atom is 0.327 e. The van der Waals surface area contributed by atoms with Crippen LogP contribution >= 0.6 is 11.8 Å². The summed E-state index contributed by atoms with van der Waals surface area (Å²) in [7, 11) is 0. The molecule has 0 radical (unpaired) electrons. The molecule has 1 N–H and O–H groups in total. The molecular weight excluding hydrogens is 364 g/mol. The Hall–Kier alpha value is -2.02. The lowest BCUT2D eigenvalue weighted by Crippen LogP contribution is -2.29. The van der Waals surface area contributed by atoms with E-state index in [0.29, 0.717) is 23.3 Å². The summed E-state index contributed by atoms with van der Waals surface area (Å²) < 4.78 is 7.15. The van der Waals surface area contributed by atoms with Gasteiger partial charge in [0.25, 0.3) is 5.56 Å². The summed E-state index contributed by atoms with van der Waals surface area (Å²) in [6, 6.07) is 2.78. The van der Waals surface area contributed by atoms with Gasteiger partial charge in [0.1, 0.15) is 6.04 Å². The Bertz CT molecular complexity index is 953. The van der Waals surface area contributed by atoms with Crippen molar-refractivity contribution in [3.8, 4) is 11.3 Å². The first-order chi connectivity index (χ1) is 13.1. The first-order valence-corrected chi connectivity index (χ1v) is 10.7. The van der Waals surface area contributed by atoms with E-state index in [1.807, 2.05) is 6.07 Å². The second-order valence-corrected chi connectivity index (χ2v) is 8.88. The number of fused-ring (bicyclic) bond motifs is 1. The highest BCUT2D eigenvalue weighted by Crippen LogP contribution is 2.50. The van der Waals surface area contributed by atoms with Crippen LogP contribution < -0.4 is 5.56 Å². The first kappa shape index (κ1) is 17.1. The molecule has 1 atom stereocenters. The number of aliphatic carboxylic acids is 1. The van der Waals surface area contributed by atoms with Crippen LogP contribution in [0.3, 0.4) is 0 Å². The number of carbonyl (C=O) groups is 1. The van der Waals surface area contributed by atoms with E-state index in [4.69, 9.17) is 4.52 Å². The molecule has 27 heavy (non-hydrogen) atoms. The highest BCUT2D eigenvalue weighted by atomic mass is 32.2. The summed E-state index contributed by atoms with van der Waals surface area (Å²) >= 11 is 1.48. The summed E-state index contributed by atoms with van der Waals surface area (Å²) in [5.41, 5.74) is 2.61. The second kappa shape index (κ2) is 6.55. The van der Waals surface area contributed by atoms with Gasteiger partial charge < -0.3 is 9.63 Å². The van der Waals surface area contributed by atoms with Crippen LogP contribution in [0, 0.1) is 0 Å². The van der Waals surface area contributed by atoms with Gasteiger partial charge in [-0.3, -0.25) is 9.36 Å². The Morgan fingerprint density at radius 2 is 1.93 bits per heavy atom. The van der Waals surface area contributed by atoms with Crippen LogP contribution in [0.5, 0.6) is 0 Å². The Labute approximate surface area is 160 Å². The van der Waals surface area contributed by atoms with Crippen molar-refractivity contribution in [1.82, 2.24) is 9.72 Å². The molecule has 0 saturated heterocycles. The molecule has 2 aliphatic carbocycles. The molecule has 1 aliphatic heterocycles. The molecule has 2 aromatic rings. The van der Waals surface area contributed by atoms with E-state index in [0.717, 1.165) is 47.5 Å². The fourth-order valence-electron chi connectivity index (χ4n) is 4.45. The Morgan fingerprint density at radius 3 is 2.63 bits per heavy atom. The third-order valence-electron chi connectivity index (χ3n) is 6.02. The molecule has 7 heteroatoms. The molecule has 3 aliphatic rings. The van der Waals surface area contributed by atoms with Crippen molar-refractivity contribution < 1.29 is 14.4 Å². The minimum absolute atomic E-state index is 0.266. The van der Waals surface area contributed by atoms with Gasteiger partial charge in [0.05, 0.1) is 10.7 Å². The molecule has 5 rings (SSSR count). The van der Waals surface area contributed by atoms with Crippen molar-refractivity contribution in [2.24, 2.45) is 0 Å². The summed E-state index contributed by atoms with van der Waals surface area (Å²) in [6.45, 7) is 0. The number of pyridine rings is 1. The van der Waals surface area contributed by atoms with E-state index < -0.39 is 12.0 Å². The van der Waals surface area contributed by atoms with Crippen LogP contribution in [0.25, 0.3) is 11.3 Å². The summed E-state index contributed by atoms with van der Waals surface area (Å²) in [5, 5.41) is 14.6. The fourth-order valence-corrected chi connectivity index (χ4v) is 5.85. The summed E-state index contributed by atoms with van der Waals surface area (Å²) in [4.78, 5) is 24.3. The van der Waals surface area contributed by atoms with E-state index in [-0.39, 0.29) is 5.56 Å². The van der Waals surface area contributed by atoms with Gasteiger partial charge in [-0.25, -0.2) is 4.79 Å². The van der Waals surface area contributed by atoms with E-state index in [1.54, 1.807) is 6.07 Å². The predicted octanol–water partition coefficient (Wildman–Crippen LogP) is 4.16. The zero-order valence-corrected chi connectivity index (χ0v) is 15.8. The van der Waals surface area contributed by atoms with Gasteiger partial charge in [0.2, 0.25) is 0 Å². The Kier molecular flexibility index (Phi) is 4.15. The minimum atomic E-state index is -0.947. The predicted molar refractivity (Wildman–Crippen MR) is 101 cm³/mol. The molecule has 0 amide bonds. The van der Waals surface area contributed by atoms with E-state index in [1.165, 1.54) is 35.6 Å². The molecule has 2 fully saturated rings. The first-order valence-electron chi connectivity index (χ1n) is 9.75. The molecule has 2 aromatic heterocycles. The normalized spacial score (nSPS) is 22.7. The fraction of sp³-hybridized carbons (Fsp3) is 0.550. The molecule has 1 unspecified atom stereocenters. The molecule has 2 saturated carbocycles. The highest BCUT2D eigenvalue weighted by molar-refractivity contribution is 7.99. The zero-order chi connectivity index (χ0) is 18.5. The van der Waals surface area contributed by atoms with Crippen molar-refractivity contribution in [2.75, 3.05) is 5.75 Å². The number of carboxylic acids is 1. The van der Waals surface area contributed by atoms with E-state index in [9.17, 15) is 14.7 Å². The minimum Gasteiger partial charge on any atom is -0.480 e.